The number of hydrogen-bond acceptors (Lipinski definition) is 5. The first-order valence-corrected chi connectivity index (χ1v) is 8.47. The zero-order valence-corrected chi connectivity index (χ0v) is 14.0. The van der Waals surface area contributed by atoms with Crippen LogP contribution in [-0.2, 0) is 16.2 Å². The van der Waals surface area contributed by atoms with Crippen molar-refractivity contribution in [3.05, 3.63) is 69.3 Å². The van der Waals surface area contributed by atoms with Gasteiger partial charge in [0.1, 0.15) is 0 Å². The van der Waals surface area contributed by atoms with Crippen molar-refractivity contribution in [2.45, 2.75) is 18.0 Å². The molecule has 2 rings (SSSR count). The molecular formula is C15H12F3N3O4S. The normalized spacial score (nSPS) is 12.3. The molecule has 0 saturated carbocycles. The summed E-state index contributed by atoms with van der Waals surface area (Å²) in [5.41, 5.74) is -1.46. The Bertz CT molecular complexity index is 972. The number of sulfonamides is 1. The minimum atomic E-state index is -4.63. The molecule has 0 aliphatic rings. The minimum absolute atomic E-state index is 0.261. The van der Waals surface area contributed by atoms with Gasteiger partial charge in [-0.3, -0.25) is 10.1 Å². The third-order valence-corrected chi connectivity index (χ3v) is 4.55. The van der Waals surface area contributed by atoms with Crippen LogP contribution in [0.4, 0.5) is 18.9 Å². The van der Waals surface area contributed by atoms with Crippen LogP contribution in [-0.4, -0.2) is 19.6 Å². The molecule has 0 fully saturated rings. The number of nitro groups is 1. The summed E-state index contributed by atoms with van der Waals surface area (Å²) >= 11 is 0. The standard InChI is InChI=1S/C15H12F3N3O4S/c1-10-6-7-12(8-14(10)21(22)23)26(24,25)20-19-9-11-4-2-3-5-13(11)15(16,17)18/h2-9,20H,1H3/b19-9-. The lowest BCUT2D eigenvalue weighted by atomic mass is 10.1. The summed E-state index contributed by atoms with van der Waals surface area (Å²) in [6.45, 7) is 1.44. The zero-order chi connectivity index (χ0) is 19.5. The predicted octanol–water partition coefficient (Wildman–Crippen LogP) is 3.23. The molecule has 0 atom stereocenters. The number of hydrazone groups is 1. The van der Waals surface area contributed by atoms with Crippen molar-refractivity contribution in [3.63, 3.8) is 0 Å². The van der Waals surface area contributed by atoms with E-state index in [2.05, 4.69) is 5.10 Å². The second-order valence-corrected chi connectivity index (χ2v) is 6.80. The molecule has 26 heavy (non-hydrogen) atoms. The van der Waals surface area contributed by atoms with Gasteiger partial charge in [0.05, 0.1) is 21.6 Å². The number of benzene rings is 2. The van der Waals surface area contributed by atoms with Crippen molar-refractivity contribution in [2.24, 2.45) is 5.10 Å². The summed E-state index contributed by atoms with van der Waals surface area (Å²) in [4.78, 5) is 11.5. The van der Waals surface area contributed by atoms with E-state index in [0.29, 0.717) is 6.21 Å². The first kappa shape index (κ1) is 19.4. The second-order valence-electron chi connectivity index (χ2n) is 5.14. The lowest BCUT2D eigenvalue weighted by Crippen LogP contribution is -2.19. The van der Waals surface area contributed by atoms with Crippen LogP contribution in [0.3, 0.4) is 0 Å². The Morgan fingerprint density at radius 2 is 1.85 bits per heavy atom. The summed E-state index contributed by atoms with van der Waals surface area (Å²) in [5.74, 6) is 0. The molecule has 0 saturated heterocycles. The third kappa shape index (κ3) is 4.36. The van der Waals surface area contributed by atoms with Crippen LogP contribution < -0.4 is 4.83 Å². The number of nitro benzene ring substituents is 1. The van der Waals surface area contributed by atoms with E-state index < -0.39 is 37.3 Å². The van der Waals surface area contributed by atoms with Crippen molar-refractivity contribution in [2.75, 3.05) is 0 Å². The minimum Gasteiger partial charge on any atom is -0.258 e. The second kappa shape index (κ2) is 7.12. The maximum absolute atomic E-state index is 12.9. The Kier molecular flexibility index (Phi) is 5.30. The Balaban J connectivity index is 2.28. The average molecular weight is 387 g/mol. The number of hydrogen-bond donors (Lipinski definition) is 1. The Morgan fingerprint density at radius 3 is 2.46 bits per heavy atom. The molecule has 1 N–H and O–H groups in total. The van der Waals surface area contributed by atoms with Gasteiger partial charge >= 0.3 is 6.18 Å². The van der Waals surface area contributed by atoms with Gasteiger partial charge in [-0.2, -0.15) is 26.7 Å². The van der Waals surface area contributed by atoms with E-state index in [1.54, 1.807) is 4.83 Å². The molecule has 0 aliphatic heterocycles. The fraction of sp³-hybridized carbons (Fsp3) is 0.133. The first-order valence-electron chi connectivity index (χ1n) is 6.98. The molecule has 0 amide bonds. The molecule has 0 spiro atoms. The Hall–Kier alpha value is -2.95. The van der Waals surface area contributed by atoms with Crippen molar-refractivity contribution in [3.8, 4) is 0 Å². The summed E-state index contributed by atoms with van der Waals surface area (Å²) in [7, 11) is -4.29. The molecule has 0 aromatic heterocycles. The first-order chi connectivity index (χ1) is 12.0. The molecule has 0 aliphatic carbocycles. The number of halogens is 3. The fourth-order valence-electron chi connectivity index (χ4n) is 2.04. The van der Waals surface area contributed by atoms with E-state index in [0.717, 1.165) is 24.3 Å². The maximum atomic E-state index is 12.9. The maximum Gasteiger partial charge on any atom is 0.417 e. The molecule has 2 aromatic carbocycles. The highest BCUT2D eigenvalue weighted by Crippen LogP contribution is 2.31. The number of aryl methyl sites for hydroxylation is 1. The van der Waals surface area contributed by atoms with Crippen LogP contribution in [0, 0.1) is 17.0 Å². The largest absolute Gasteiger partial charge is 0.417 e. The van der Waals surface area contributed by atoms with Gasteiger partial charge in [0.25, 0.3) is 15.7 Å². The number of alkyl halides is 3. The molecule has 0 heterocycles. The summed E-state index contributed by atoms with van der Waals surface area (Å²) in [6.07, 6.45) is -3.91. The van der Waals surface area contributed by atoms with Crippen molar-refractivity contribution in [1.82, 2.24) is 4.83 Å². The van der Waals surface area contributed by atoms with Crippen LogP contribution in [0.5, 0.6) is 0 Å². The van der Waals surface area contributed by atoms with Gasteiger partial charge < -0.3 is 0 Å². The van der Waals surface area contributed by atoms with E-state index in [4.69, 9.17) is 0 Å². The number of nitrogens with one attached hydrogen (secondary N) is 1. The third-order valence-electron chi connectivity index (χ3n) is 3.33. The van der Waals surface area contributed by atoms with Crippen LogP contribution in [0.2, 0.25) is 0 Å². The smallest absolute Gasteiger partial charge is 0.258 e. The van der Waals surface area contributed by atoms with Crippen molar-refractivity contribution < 1.29 is 26.5 Å². The van der Waals surface area contributed by atoms with E-state index in [9.17, 15) is 31.7 Å². The molecule has 0 bridgehead atoms. The van der Waals surface area contributed by atoms with Gasteiger partial charge in [0, 0.05) is 17.2 Å². The van der Waals surface area contributed by atoms with Gasteiger partial charge in [0.15, 0.2) is 0 Å². The fourth-order valence-corrected chi connectivity index (χ4v) is 2.85. The molecule has 0 unspecified atom stereocenters. The van der Waals surface area contributed by atoms with Crippen molar-refractivity contribution >= 4 is 21.9 Å². The average Bonchev–Trinajstić information content (AvgIpc) is 2.54. The van der Waals surface area contributed by atoms with Crippen LogP contribution in [0.1, 0.15) is 16.7 Å². The summed E-state index contributed by atoms with van der Waals surface area (Å²) < 4.78 is 62.8. The van der Waals surface area contributed by atoms with E-state index in [1.807, 2.05) is 0 Å². The van der Waals surface area contributed by atoms with Crippen LogP contribution in [0.15, 0.2) is 52.5 Å². The molecule has 11 heteroatoms. The summed E-state index contributed by atoms with van der Waals surface area (Å²) in [5, 5.41) is 14.2. The van der Waals surface area contributed by atoms with Crippen LogP contribution in [0.25, 0.3) is 0 Å². The van der Waals surface area contributed by atoms with E-state index in [1.165, 1.54) is 25.1 Å². The van der Waals surface area contributed by atoms with Crippen LogP contribution >= 0.6 is 0 Å². The quantitative estimate of drug-likeness (QED) is 0.483. The van der Waals surface area contributed by atoms with E-state index in [-0.39, 0.29) is 11.1 Å². The highest BCUT2D eigenvalue weighted by Gasteiger charge is 2.32. The topological polar surface area (TPSA) is 102 Å². The molecule has 138 valence electrons. The SMILES string of the molecule is Cc1ccc(S(=O)(=O)N/N=C\c2ccccc2C(F)(F)F)cc1[N+](=O)[O-]. The Morgan fingerprint density at radius 1 is 1.19 bits per heavy atom. The van der Waals surface area contributed by atoms with Crippen molar-refractivity contribution in [1.29, 1.82) is 0 Å². The molecular weight excluding hydrogens is 375 g/mol. The highest BCUT2D eigenvalue weighted by atomic mass is 32.2. The van der Waals surface area contributed by atoms with Gasteiger partial charge in [0.2, 0.25) is 0 Å². The lowest BCUT2D eigenvalue weighted by Gasteiger charge is -2.09. The van der Waals surface area contributed by atoms with Gasteiger partial charge in [-0.1, -0.05) is 24.3 Å². The Labute approximate surface area is 146 Å². The number of nitrogens with zero attached hydrogens (tertiary/aromatic N) is 2. The lowest BCUT2D eigenvalue weighted by molar-refractivity contribution is -0.385. The van der Waals surface area contributed by atoms with Gasteiger partial charge in [-0.05, 0) is 19.1 Å². The van der Waals surface area contributed by atoms with Gasteiger partial charge in [-0.25, -0.2) is 4.83 Å². The van der Waals surface area contributed by atoms with Gasteiger partial charge in [-0.15, -0.1) is 0 Å². The summed E-state index contributed by atoms with van der Waals surface area (Å²) in [6, 6.07) is 7.71. The molecule has 2 aromatic rings. The molecule has 7 nitrogen and oxygen atoms in total. The highest BCUT2D eigenvalue weighted by molar-refractivity contribution is 7.89. The molecule has 0 radical (unpaired) electrons. The predicted molar refractivity (Wildman–Crippen MR) is 87.2 cm³/mol. The van der Waals surface area contributed by atoms with E-state index >= 15 is 0 Å². The number of rotatable bonds is 5. The zero-order valence-electron chi connectivity index (χ0n) is 13.2. The monoisotopic (exact) mass is 387 g/mol.